The van der Waals surface area contributed by atoms with Crippen molar-refractivity contribution >= 4 is 5.91 Å². The van der Waals surface area contributed by atoms with Crippen LogP contribution in [0.25, 0.3) is 0 Å². The Kier molecular flexibility index (Phi) is 5.00. The number of imidazole rings is 1. The lowest BCUT2D eigenvalue weighted by atomic mass is 9.97. The predicted molar refractivity (Wildman–Crippen MR) is 76.4 cm³/mol. The van der Waals surface area contributed by atoms with Gasteiger partial charge in [-0.3, -0.25) is 9.69 Å². The monoisotopic (exact) mass is 334 g/mol. The number of aliphatic hydroxyl groups is 1. The molecule has 1 aromatic rings. The molecule has 0 saturated heterocycles. The van der Waals surface area contributed by atoms with Gasteiger partial charge in [0.15, 0.2) is 0 Å². The van der Waals surface area contributed by atoms with Gasteiger partial charge in [0.1, 0.15) is 5.82 Å². The largest absolute Gasteiger partial charge is 0.424 e. The molecule has 1 aromatic heterocycles. The van der Waals surface area contributed by atoms with Crippen LogP contribution in [0.3, 0.4) is 0 Å². The summed E-state index contributed by atoms with van der Waals surface area (Å²) in [6, 6.07) is 0.389. The van der Waals surface area contributed by atoms with E-state index in [4.69, 9.17) is 0 Å². The number of amides is 1. The van der Waals surface area contributed by atoms with Crippen LogP contribution in [0.4, 0.5) is 13.2 Å². The molecule has 0 aromatic carbocycles. The summed E-state index contributed by atoms with van der Waals surface area (Å²) in [6.07, 6.45) is -0.986. The fourth-order valence-corrected chi connectivity index (χ4v) is 2.45. The molecule has 2 N–H and O–H groups in total. The van der Waals surface area contributed by atoms with Crippen LogP contribution in [-0.2, 0) is 17.4 Å². The number of rotatable bonds is 7. The average Bonchev–Trinajstić information content (AvgIpc) is 3.19. The minimum absolute atomic E-state index is 0.136. The van der Waals surface area contributed by atoms with Crippen molar-refractivity contribution in [3.63, 3.8) is 0 Å². The number of likely N-dealkylation sites (N-methyl/N-ethyl adjacent to an activating group) is 1. The van der Waals surface area contributed by atoms with Gasteiger partial charge in [0.05, 0.1) is 6.54 Å². The fourth-order valence-electron chi connectivity index (χ4n) is 2.45. The van der Waals surface area contributed by atoms with Crippen molar-refractivity contribution in [3.05, 3.63) is 18.2 Å². The maximum atomic E-state index is 13.3. The highest BCUT2D eigenvalue weighted by Gasteiger charge is 2.57. The quantitative estimate of drug-likeness (QED) is 0.773. The van der Waals surface area contributed by atoms with Gasteiger partial charge in [-0.15, -0.1) is 0 Å². The lowest BCUT2D eigenvalue weighted by molar-refractivity contribution is -0.272. The molecule has 0 spiro atoms. The van der Waals surface area contributed by atoms with Crippen LogP contribution in [0.1, 0.15) is 25.1 Å². The highest BCUT2D eigenvalue weighted by molar-refractivity contribution is 5.78. The summed E-state index contributed by atoms with van der Waals surface area (Å²) < 4.78 is 40.9. The van der Waals surface area contributed by atoms with E-state index in [0.29, 0.717) is 6.04 Å². The zero-order valence-electron chi connectivity index (χ0n) is 13.1. The summed E-state index contributed by atoms with van der Waals surface area (Å²) in [6.45, 7) is -0.155. The molecule has 130 valence electrons. The summed E-state index contributed by atoms with van der Waals surface area (Å²) in [5.74, 6) is -0.849. The molecule has 1 unspecified atom stereocenters. The molecule has 1 aliphatic rings. The second-order valence-electron chi connectivity index (χ2n) is 5.97. The number of aryl methyl sites for hydroxylation is 1. The number of carbonyl (C=O) groups excluding carboxylic acids is 1. The van der Waals surface area contributed by atoms with Gasteiger partial charge in [-0.1, -0.05) is 0 Å². The summed E-state index contributed by atoms with van der Waals surface area (Å²) >= 11 is 0. The maximum Gasteiger partial charge on any atom is 0.424 e. The van der Waals surface area contributed by atoms with E-state index in [0.717, 1.165) is 17.4 Å². The highest BCUT2D eigenvalue weighted by atomic mass is 19.4. The van der Waals surface area contributed by atoms with Crippen molar-refractivity contribution in [2.75, 3.05) is 20.1 Å². The third kappa shape index (κ3) is 4.03. The van der Waals surface area contributed by atoms with E-state index in [9.17, 15) is 23.1 Å². The highest BCUT2D eigenvalue weighted by Crippen LogP contribution is 2.40. The smallest absolute Gasteiger partial charge is 0.374 e. The third-order valence-electron chi connectivity index (χ3n) is 4.03. The molecule has 0 bridgehead atoms. The van der Waals surface area contributed by atoms with Crippen LogP contribution >= 0.6 is 0 Å². The van der Waals surface area contributed by atoms with Gasteiger partial charge in [0.2, 0.25) is 11.5 Å². The summed E-state index contributed by atoms with van der Waals surface area (Å²) in [4.78, 5) is 17.2. The number of halogens is 3. The van der Waals surface area contributed by atoms with E-state index in [2.05, 4.69) is 10.3 Å². The number of carbonyl (C=O) groups is 1. The Bertz CT molecular complexity index is 556. The topological polar surface area (TPSA) is 70.4 Å². The molecule has 23 heavy (non-hydrogen) atoms. The van der Waals surface area contributed by atoms with Gasteiger partial charge in [-0.25, -0.2) is 4.98 Å². The van der Waals surface area contributed by atoms with E-state index < -0.39 is 24.0 Å². The van der Waals surface area contributed by atoms with Gasteiger partial charge in [0, 0.05) is 38.4 Å². The lowest BCUT2D eigenvalue weighted by Gasteiger charge is -2.30. The number of aromatic nitrogens is 2. The molecule has 1 fully saturated rings. The maximum absolute atomic E-state index is 13.3. The van der Waals surface area contributed by atoms with Crippen molar-refractivity contribution < 1.29 is 23.1 Å². The van der Waals surface area contributed by atoms with E-state index in [1.165, 1.54) is 19.4 Å². The average molecular weight is 334 g/mol. The molecule has 1 aliphatic carbocycles. The lowest BCUT2D eigenvalue weighted by Crippen LogP contribution is -2.47. The first-order chi connectivity index (χ1) is 10.6. The third-order valence-corrected chi connectivity index (χ3v) is 4.03. The Labute approximate surface area is 132 Å². The molecule has 1 heterocycles. The van der Waals surface area contributed by atoms with Gasteiger partial charge in [-0.2, -0.15) is 13.2 Å². The number of hydrogen-bond donors (Lipinski definition) is 2. The number of hydrogen-bond acceptors (Lipinski definition) is 4. The molecule has 0 radical (unpaired) electrons. The van der Waals surface area contributed by atoms with Gasteiger partial charge in [0.25, 0.3) is 0 Å². The second-order valence-corrected chi connectivity index (χ2v) is 5.97. The van der Waals surface area contributed by atoms with Crippen LogP contribution in [0.15, 0.2) is 12.4 Å². The number of nitrogens with zero attached hydrogens (tertiary/aromatic N) is 3. The Morgan fingerprint density at radius 2 is 2.17 bits per heavy atom. The van der Waals surface area contributed by atoms with Gasteiger partial charge < -0.3 is 15.0 Å². The van der Waals surface area contributed by atoms with E-state index in [-0.39, 0.29) is 19.0 Å². The Hall–Kier alpha value is -1.61. The fraction of sp³-hybridized carbons (Fsp3) is 0.714. The van der Waals surface area contributed by atoms with Crippen molar-refractivity contribution in [3.8, 4) is 0 Å². The van der Waals surface area contributed by atoms with Crippen LogP contribution in [-0.4, -0.2) is 57.8 Å². The molecular formula is C14H21F3N4O2. The van der Waals surface area contributed by atoms with Gasteiger partial charge >= 0.3 is 6.18 Å². The molecule has 0 aliphatic heterocycles. The molecule has 1 atom stereocenters. The first-order valence-electron chi connectivity index (χ1n) is 7.39. The summed E-state index contributed by atoms with van der Waals surface area (Å²) in [5.41, 5.74) is -3.10. The van der Waals surface area contributed by atoms with Crippen LogP contribution in [0.2, 0.25) is 0 Å². The van der Waals surface area contributed by atoms with Gasteiger partial charge in [-0.05, 0) is 19.9 Å². The Balaban J connectivity index is 1.94. The first-order valence-corrected chi connectivity index (χ1v) is 7.39. The van der Waals surface area contributed by atoms with E-state index >= 15 is 0 Å². The van der Waals surface area contributed by atoms with Crippen molar-refractivity contribution in [1.29, 1.82) is 0 Å². The van der Waals surface area contributed by atoms with E-state index in [1.54, 1.807) is 7.05 Å². The molecule has 2 rings (SSSR count). The SMILES string of the molecule is CN(CC(=O)NCCC(O)(c1nccn1C)C(F)(F)F)C1CC1. The molecule has 1 saturated carbocycles. The predicted octanol–water partition coefficient (Wildman–Crippen LogP) is 0.770. The normalized spacial score (nSPS) is 18.0. The molecular weight excluding hydrogens is 313 g/mol. The summed E-state index contributed by atoms with van der Waals surface area (Å²) in [5, 5.41) is 12.5. The second kappa shape index (κ2) is 6.48. The standard InChI is InChI=1S/C14H21F3N4O2/c1-20-8-7-19-12(20)13(23,14(15,16)17)5-6-18-11(22)9-21(2)10-3-4-10/h7-8,10,23H,3-6,9H2,1-2H3,(H,18,22). The van der Waals surface area contributed by atoms with Crippen molar-refractivity contribution in [1.82, 2.24) is 19.8 Å². The zero-order chi connectivity index (χ0) is 17.3. The number of nitrogens with one attached hydrogen (secondary N) is 1. The van der Waals surface area contributed by atoms with Crippen molar-refractivity contribution in [2.45, 2.75) is 37.1 Å². The van der Waals surface area contributed by atoms with Crippen LogP contribution < -0.4 is 5.32 Å². The summed E-state index contributed by atoms with van der Waals surface area (Å²) in [7, 11) is 3.18. The Morgan fingerprint density at radius 1 is 1.52 bits per heavy atom. The first kappa shape index (κ1) is 17.7. The Morgan fingerprint density at radius 3 is 2.65 bits per heavy atom. The molecule has 6 nitrogen and oxygen atoms in total. The van der Waals surface area contributed by atoms with Crippen LogP contribution in [0.5, 0.6) is 0 Å². The van der Waals surface area contributed by atoms with Crippen LogP contribution in [0, 0.1) is 0 Å². The number of alkyl halides is 3. The zero-order valence-corrected chi connectivity index (χ0v) is 13.1. The molecule has 1 amide bonds. The minimum atomic E-state index is -4.89. The molecule has 9 heteroatoms. The minimum Gasteiger partial charge on any atom is -0.374 e. The van der Waals surface area contributed by atoms with Crippen molar-refractivity contribution in [2.24, 2.45) is 7.05 Å². The van der Waals surface area contributed by atoms with E-state index in [1.807, 2.05) is 4.90 Å².